The first-order valence-electron chi connectivity index (χ1n) is 4.50. The molecule has 2 heterocycles. The largest absolute Gasteiger partial charge is 0.357 e. The van der Waals surface area contributed by atoms with Crippen LogP contribution in [0.3, 0.4) is 0 Å². The van der Waals surface area contributed by atoms with Gasteiger partial charge in [-0.25, -0.2) is 0 Å². The minimum atomic E-state index is 0.472. The first kappa shape index (κ1) is 7.83. The van der Waals surface area contributed by atoms with E-state index >= 15 is 0 Å². The quantitative estimate of drug-likeness (QED) is 0.568. The maximum atomic E-state index is 3.47. The van der Waals surface area contributed by atoms with Crippen LogP contribution in [0, 0.1) is 0 Å². The molecule has 0 saturated carbocycles. The van der Waals surface area contributed by atoms with Crippen molar-refractivity contribution in [3.8, 4) is 0 Å². The number of rotatable bonds is 1. The van der Waals surface area contributed by atoms with Gasteiger partial charge in [0.2, 0.25) is 0 Å². The number of piperazine rings is 1. The lowest BCUT2D eigenvalue weighted by Crippen LogP contribution is -2.55. The third-order valence-electron chi connectivity index (χ3n) is 2.26. The van der Waals surface area contributed by atoms with Crippen LogP contribution in [-0.4, -0.2) is 37.2 Å². The maximum Gasteiger partial charge on any atom is 0.0920 e. The lowest BCUT2D eigenvalue weighted by molar-refractivity contribution is 0.222. The molecular weight excluding hydrogens is 150 g/mol. The Morgan fingerprint density at radius 3 is 2.92 bits per heavy atom. The fraction of sp³-hybridized carbons (Fsp3) is 0.556. The molecule has 0 aromatic carbocycles. The normalized spacial score (nSPS) is 29.3. The molecule has 0 radical (unpaired) electrons. The summed E-state index contributed by atoms with van der Waals surface area (Å²) in [7, 11) is 0. The Labute approximate surface area is 73.1 Å². The molecule has 12 heavy (non-hydrogen) atoms. The number of nitrogens with zero attached hydrogens (tertiary/aromatic N) is 1. The molecule has 2 aliphatic heterocycles. The number of allylic oxidation sites excluding steroid dienone is 2. The Hall–Kier alpha value is -0.800. The molecule has 2 aliphatic rings. The molecule has 0 aromatic heterocycles. The Kier molecular flexibility index (Phi) is 2.44. The standard InChI is InChI=1S/C9H15N3/c1-2-6-12(7-3-1)9-8-10-4-5-11-9/h1-3,6,9-11H,4-5,7-8H2. The van der Waals surface area contributed by atoms with Gasteiger partial charge in [-0.05, 0) is 6.08 Å². The third kappa shape index (κ3) is 1.68. The zero-order valence-electron chi connectivity index (χ0n) is 7.16. The minimum absolute atomic E-state index is 0.472. The van der Waals surface area contributed by atoms with Crippen LogP contribution in [0.15, 0.2) is 24.4 Å². The van der Waals surface area contributed by atoms with Crippen LogP contribution in [0.25, 0.3) is 0 Å². The van der Waals surface area contributed by atoms with E-state index in [0.29, 0.717) is 6.17 Å². The third-order valence-corrected chi connectivity index (χ3v) is 2.26. The monoisotopic (exact) mass is 165 g/mol. The number of nitrogens with one attached hydrogen (secondary N) is 2. The molecule has 1 fully saturated rings. The van der Waals surface area contributed by atoms with E-state index in [1.54, 1.807) is 0 Å². The summed E-state index contributed by atoms with van der Waals surface area (Å²) in [6, 6.07) is 0. The number of hydrogen-bond donors (Lipinski definition) is 2. The topological polar surface area (TPSA) is 27.3 Å². The predicted octanol–water partition coefficient (Wildman–Crippen LogP) is -0.109. The van der Waals surface area contributed by atoms with Crippen LogP contribution < -0.4 is 10.6 Å². The van der Waals surface area contributed by atoms with E-state index in [1.807, 2.05) is 0 Å². The molecule has 66 valence electrons. The first-order valence-corrected chi connectivity index (χ1v) is 4.50. The minimum Gasteiger partial charge on any atom is -0.357 e. The highest BCUT2D eigenvalue weighted by atomic mass is 15.3. The zero-order valence-corrected chi connectivity index (χ0v) is 7.16. The van der Waals surface area contributed by atoms with Gasteiger partial charge in [-0.2, -0.15) is 0 Å². The van der Waals surface area contributed by atoms with Crippen molar-refractivity contribution in [2.24, 2.45) is 0 Å². The maximum absolute atomic E-state index is 3.47. The van der Waals surface area contributed by atoms with Crippen molar-refractivity contribution >= 4 is 0 Å². The molecule has 2 rings (SSSR count). The van der Waals surface area contributed by atoms with E-state index in [-0.39, 0.29) is 0 Å². The highest BCUT2D eigenvalue weighted by Gasteiger charge is 2.16. The fourth-order valence-electron chi connectivity index (χ4n) is 1.59. The van der Waals surface area contributed by atoms with Gasteiger partial charge in [-0.15, -0.1) is 0 Å². The van der Waals surface area contributed by atoms with Gasteiger partial charge >= 0.3 is 0 Å². The first-order chi connectivity index (χ1) is 5.97. The Bertz CT molecular complexity index is 192. The van der Waals surface area contributed by atoms with Gasteiger partial charge in [0.05, 0.1) is 6.17 Å². The molecule has 3 nitrogen and oxygen atoms in total. The second kappa shape index (κ2) is 3.74. The SMILES string of the molecule is C1=CCN(C2CNCCN2)C=C1. The van der Waals surface area contributed by atoms with Crippen LogP contribution in [-0.2, 0) is 0 Å². The molecule has 0 aliphatic carbocycles. The van der Waals surface area contributed by atoms with E-state index in [2.05, 4.69) is 40.0 Å². The smallest absolute Gasteiger partial charge is 0.0920 e. The zero-order chi connectivity index (χ0) is 8.23. The lowest BCUT2D eigenvalue weighted by atomic mass is 10.3. The van der Waals surface area contributed by atoms with Crippen LogP contribution in [0.2, 0.25) is 0 Å². The molecule has 2 N–H and O–H groups in total. The van der Waals surface area contributed by atoms with Gasteiger partial charge in [0.15, 0.2) is 0 Å². The molecular formula is C9H15N3. The van der Waals surface area contributed by atoms with E-state index in [4.69, 9.17) is 0 Å². The molecule has 1 unspecified atom stereocenters. The molecule has 1 saturated heterocycles. The molecule has 0 amide bonds. The van der Waals surface area contributed by atoms with E-state index < -0.39 is 0 Å². The summed E-state index contributed by atoms with van der Waals surface area (Å²) in [6.45, 7) is 4.22. The van der Waals surface area contributed by atoms with Crippen molar-refractivity contribution in [1.29, 1.82) is 0 Å². The Balaban J connectivity index is 1.90. The molecule has 3 heteroatoms. The summed E-state index contributed by atoms with van der Waals surface area (Å²) in [5.74, 6) is 0. The molecule has 0 spiro atoms. The average molecular weight is 165 g/mol. The van der Waals surface area contributed by atoms with Crippen LogP contribution in [0.1, 0.15) is 0 Å². The van der Waals surface area contributed by atoms with E-state index in [0.717, 1.165) is 26.2 Å². The van der Waals surface area contributed by atoms with Crippen molar-refractivity contribution in [3.05, 3.63) is 24.4 Å². The average Bonchev–Trinajstić information content (AvgIpc) is 2.21. The Morgan fingerprint density at radius 2 is 2.25 bits per heavy atom. The highest BCUT2D eigenvalue weighted by molar-refractivity contribution is 5.09. The van der Waals surface area contributed by atoms with Crippen molar-refractivity contribution in [2.75, 3.05) is 26.2 Å². The molecule has 0 aromatic rings. The summed E-state index contributed by atoms with van der Waals surface area (Å²) in [5, 5.41) is 6.84. The molecule has 1 atom stereocenters. The second-order valence-electron chi connectivity index (χ2n) is 3.14. The second-order valence-corrected chi connectivity index (χ2v) is 3.14. The lowest BCUT2D eigenvalue weighted by Gasteiger charge is -2.34. The summed E-state index contributed by atoms with van der Waals surface area (Å²) in [6.07, 6.45) is 8.97. The summed E-state index contributed by atoms with van der Waals surface area (Å²) in [5.41, 5.74) is 0. The van der Waals surface area contributed by atoms with Crippen molar-refractivity contribution in [1.82, 2.24) is 15.5 Å². The summed E-state index contributed by atoms with van der Waals surface area (Å²) < 4.78 is 0. The van der Waals surface area contributed by atoms with Gasteiger partial charge in [0, 0.05) is 32.4 Å². The van der Waals surface area contributed by atoms with Crippen LogP contribution >= 0.6 is 0 Å². The van der Waals surface area contributed by atoms with Crippen molar-refractivity contribution in [3.63, 3.8) is 0 Å². The van der Waals surface area contributed by atoms with Gasteiger partial charge in [0.25, 0.3) is 0 Å². The summed E-state index contributed by atoms with van der Waals surface area (Å²) in [4.78, 5) is 2.31. The molecule has 0 bridgehead atoms. The van der Waals surface area contributed by atoms with Crippen molar-refractivity contribution in [2.45, 2.75) is 6.17 Å². The van der Waals surface area contributed by atoms with Gasteiger partial charge < -0.3 is 10.2 Å². The summed E-state index contributed by atoms with van der Waals surface area (Å²) >= 11 is 0. The van der Waals surface area contributed by atoms with Crippen molar-refractivity contribution < 1.29 is 0 Å². The van der Waals surface area contributed by atoms with Gasteiger partial charge in [-0.3, -0.25) is 5.32 Å². The van der Waals surface area contributed by atoms with Gasteiger partial charge in [-0.1, -0.05) is 12.2 Å². The van der Waals surface area contributed by atoms with Crippen LogP contribution in [0.5, 0.6) is 0 Å². The predicted molar refractivity (Wildman–Crippen MR) is 49.6 cm³/mol. The highest BCUT2D eigenvalue weighted by Crippen LogP contribution is 2.03. The van der Waals surface area contributed by atoms with E-state index in [1.165, 1.54) is 0 Å². The van der Waals surface area contributed by atoms with E-state index in [9.17, 15) is 0 Å². The Morgan fingerprint density at radius 1 is 1.25 bits per heavy atom. The van der Waals surface area contributed by atoms with Crippen LogP contribution in [0.4, 0.5) is 0 Å². The van der Waals surface area contributed by atoms with Gasteiger partial charge in [0.1, 0.15) is 0 Å². The fourth-order valence-corrected chi connectivity index (χ4v) is 1.59. The number of hydrogen-bond acceptors (Lipinski definition) is 3.